The SMILES string of the molecule is CC(C)(C)[S@@](=O)N=C[C@H]1CC[C@H](C(F)(F)F)OC1. The highest BCUT2D eigenvalue weighted by Crippen LogP contribution is 2.31. The fourth-order valence-corrected chi connectivity index (χ4v) is 2.05. The molecule has 0 N–H and O–H groups in total. The zero-order chi connectivity index (χ0) is 14.0. The van der Waals surface area contributed by atoms with Crippen LogP contribution >= 0.6 is 0 Å². The Hall–Kier alpha value is -0.430. The minimum atomic E-state index is -4.30. The van der Waals surface area contributed by atoms with Crippen LogP contribution in [0.25, 0.3) is 0 Å². The second-order valence-corrected chi connectivity index (χ2v) is 7.25. The lowest BCUT2D eigenvalue weighted by atomic mass is 9.99. The summed E-state index contributed by atoms with van der Waals surface area (Å²) in [6.45, 7) is 5.35. The molecule has 0 aromatic rings. The van der Waals surface area contributed by atoms with Gasteiger partial charge in [-0.1, -0.05) is 0 Å². The highest BCUT2D eigenvalue weighted by Gasteiger charge is 2.42. The first-order valence-electron chi connectivity index (χ1n) is 5.75. The molecule has 0 aromatic carbocycles. The highest BCUT2D eigenvalue weighted by atomic mass is 32.2. The lowest BCUT2D eigenvalue weighted by Gasteiger charge is -2.28. The molecular weight excluding hydrogens is 267 g/mol. The summed E-state index contributed by atoms with van der Waals surface area (Å²) < 4.78 is 56.8. The summed E-state index contributed by atoms with van der Waals surface area (Å²) in [7, 11) is -1.37. The number of rotatable bonds is 2. The van der Waals surface area contributed by atoms with Gasteiger partial charge in [0.15, 0.2) is 6.10 Å². The summed E-state index contributed by atoms with van der Waals surface area (Å²) in [5, 5.41) is 0. The van der Waals surface area contributed by atoms with Crippen molar-refractivity contribution in [2.45, 2.75) is 50.6 Å². The van der Waals surface area contributed by atoms with E-state index >= 15 is 0 Å². The van der Waals surface area contributed by atoms with Crippen LogP contribution in [0.5, 0.6) is 0 Å². The molecule has 7 heteroatoms. The van der Waals surface area contributed by atoms with Crippen molar-refractivity contribution >= 4 is 17.2 Å². The summed E-state index contributed by atoms with van der Waals surface area (Å²) in [5.41, 5.74) is 0. The Morgan fingerprint density at radius 2 is 1.89 bits per heavy atom. The monoisotopic (exact) mass is 285 g/mol. The van der Waals surface area contributed by atoms with Crippen molar-refractivity contribution in [3.05, 3.63) is 0 Å². The highest BCUT2D eigenvalue weighted by molar-refractivity contribution is 7.85. The van der Waals surface area contributed by atoms with Crippen LogP contribution in [0, 0.1) is 5.92 Å². The maximum Gasteiger partial charge on any atom is 0.414 e. The zero-order valence-electron chi connectivity index (χ0n) is 10.7. The molecule has 106 valence electrons. The third kappa shape index (κ3) is 4.68. The van der Waals surface area contributed by atoms with Crippen molar-refractivity contribution in [1.82, 2.24) is 0 Å². The van der Waals surface area contributed by atoms with Crippen LogP contribution in [-0.2, 0) is 15.7 Å². The number of hydrogen-bond acceptors (Lipinski definition) is 2. The van der Waals surface area contributed by atoms with Gasteiger partial charge in [-0.2, -0.15) is 17.6 Å². The molecule has 1 rings (SSSR count). The minimum Gasteiger partial charge on any atom is -0.368 e. The van der Waals surface area contributed by atoms with Crippen LogP contribution in [0.15, 0.2) is 4.40 Å². The van der Waals surface area contributed by atoms with E-state index in [4.69, 9.17) is 4.74 Å². The van der Waals surface area contributed by atoms with E-state index in [-0.39, 0.29) is 18.9 Å². The van der Waals surface area contributed by atoms with Gasteiger partial charge in [-0.3, -0.25) is 0 Å². The van der Waals surface area contributed by atoms with Crippen LogP contribution in [0.2, 0.25) is 0 Å². The van der Waals surface area contributed by atoms with Gasteiger partial charge in [-0.15, -0.1) is 0 Å². The molecule has 0 radical (unpaired) electrons. The van der Waals surface area contributed by atoms with Crippen LogP contribution in [-0.4, -0.2) is 34.1 Å². The predicted molar refractivity (Wildman–Crippen MR) is 64.9 cm³/mol. The fraction of sp³-hybridized carbons (Fsp3) is 0.909. The molecule has 0 amide bonds. The molecular formula is C11H18F3NO2S. The summed E-state index contributed by atoms with van der Waals surface area (Å²) in [6, 6.07) is 0. The molecule has 1 aliphatic rings. The Morgan fingerprint density at radius 3 is 2.28 bits per heavy atom. The average Bonchev–Trinajstić information content (AvgIpc) is 2.24. The molecule has 1 heterocycles. The quantitative estimate of drug-likeness (QED) is 0.732. The van der Waals surface area contributed by atoms with E-state index in [2.05, 4.69) is 4.40 Å². The number of ether oxygens (including phenoxy) is 1. The van der Waals surface area contributed by atoms with Crippen molar-refractivity contribution < 1.29 is 22.1 Å². The minimum absolute atomic E-state index is 0.0188. The van der Waals surface area contributed by atoms with Crippen LogP contribution < -0.4 is 0 Å². The Kier molecular flexibility index (Phi) is 4.94. The predicted octanol–water partition coefficient (Wildman–Crippen LogP) is 2.88. The first-order chi connectivity index (χ1) is 8.10. The van der Waals surface area contributed by atoms with Crippen molar-refractivity contribution in [1.29, 1.82) is 0 Å². The van der Waals surface area contributed by atoms with Gasteiger partial charge >= 0.3 is 6.18 Å². The van der Waals surface area contributed by atoms with Gasteiger partial charge in [0.2, 0.25) is 0 Å². The lowest BCUT2D eigenvalue weighted by molar-refractivity contribution is -0.232. The number of hydrogen-bond donors (Lipinski definition) is 0. The van der Waals surface area contributed by atoms with Gasteiger partial charge in [-0.05, 0) is 33.6 Å². The second-order valence-electron chi connectivity index (χ2n) is 5.32. The Labute approximate surface area is 107 Å². The largest absolute Gasteiger partial charge is 0.414 e. The fourth-order valence-electron chi connectivity index (χ4n) is 1.45. The number of alkyl halides is 3. The van der Waals surface area contributed by atoms with Crippen molar-refractivity contribution in [3.63, 3.8) is 0 Å². The van der Waals surface area contributed by atoms with Crippen molar-refractivity contribution in [2.24, 2.45) is 10.3 Å². The summed E-state index contributed by atoms with van der Waals surface area (Å²) >= 11 is 0. The molecule has 1 saturated heterocycles. The Morgan fingerprint density at radius 1 is 1.28 bits per heavy atom. The van der Waals surface area contributed by atoms with E-state index in [1.165, 1.54) is 6.21 Å². The molecule has 0 unspecified atom stereocenters. The molecule has 0 bridgehead atoms. The third-order valence-corrected chi connectivity index (χ3v) is 3.93. The van der Waals surface area contributed by atoms with Gasteiger partial charge in [0.25, 0.3) is 0 Å². The van der Waals surface area contributed by atoms with E-state index in [1.54, 1.807) is 20.8 Å². The van der Waals surface area contributed by atoms with E-state index in [1.807, 2.05) is 0 Å². The van der Waals surface area contributed by atoms with E-state index < -0.39 is 28.0 Å². The summed E-state index contributed by atoms with van der Waals surface area (Å²) in [6.07, 6.45) is -4.21. The standard InChI is InChI=1S/C11H18F3NO2S/c1-10(2,3)18(16)15-6-8-4-5-9(17-7-8)11(12,13)14/h6,8-9H,4-5,7H2,1-3H3/t8-,9-,18-/m1/s1. The van der Waals surface area contributed by atoms with Crippen LogP contribution in [0.1, 0.15) is 33.6 Å². The van der Waals surface area contributed by atoms with Crippen LogP contribution in [0.4, 0.5) is 13.2 Å². The molecule has 1 aliphatic heterocycles. The van der Waals surface area contributed by atoms with Gasteiger partial charge < -0.3 is 4.74 Å². The molecule has 0 aliphatic carbocycles. The zero-order valence-corrected chi connectivity index (χ0v) is 11.5. The van der Waals surface area contributed by atoms with E-state index in [0.29, 0.717) is 6.42 Å². The van der Waals surface area contributed by atoms with Crippen molar-refractivity contribution in [3.8, 4) is 0 Å². The summed E-state index contributed by atoms with van der Waals surface area (Å²) in [4.78, 5) is 0. The van der Waals surface area contributed by atoms with Gasteiger partial charge in [-0.25, -0.2) is 4.21 Å². The first-order valence-corrected chi connectivity index (χ1v) is 6.86. The smallest absolute Gasteiger partial charge is 0.368 e. The number of nitrogens with zero attached hydrogens (tertiary/aromatic N) is 1. The van der Waals surface area contributed by atoms with Gasteiger partial charge in [0.05, 0.1) is 11.4 Å². The van der Waals surface area contributed by atoms with E-state index in [9.17, 15) is 17.4 Å². The molecule has 18 heavy (non-hydrogen) atoms. The van der Waals surface area contributed by atoms with Gasteiger partial charge in [0, 0.05) is 12.1 Å². The molecule has 0 saturated carbocycles. The maximum atomic E-state index is 12.3. The topological polar surface area (TPSA) is 38.7 Å². The normalized spacial score (nSPS) is 28.6. The second kappa shape index (κ2) is 5.69. The van der Waals surface area contributed by atoms with Gasteiger partial charge in [0.1, 0.15) is 11.0 Å². The number of halogens is 3. The molecule has 3 atom stereocenters. The molecule has 1 fully saturated rings. The lowest BCUT2D eigenvalue weighted by Crippen LogP contribution is -2.37. The third-order valence-electron chi connectivity index (χ3n) is 2.57. The Bertz CT molecular complexity index is 328. The molecule has 0 spiro atoms. The van der Waals surface area contributed by atoms with Crippen LogP contribution in [0.3, 0.4) is 0 Å². The molecule has 0 aromatic heterocycles. The average molecular weight is 285 g/mol. The Balaban J connectivity index is 2.45. The first kappa shape index (κ1) is 15.6. The van der Waals surface area contributed by atoms with E-state index in [0.717, 1.165) is 0 Å². The molecule has 3 nitrogen and oxygen atoms in total. The maximum absolute atomic E-state index is 12.3. The van der Waals surface area contributed by atoms with Crippen molar-refractivity contribution in [2.75, 3.05) is 6.61 Å². The summed E-state index contributed by atoms with van der Waals surface area (Å²) in [5.74, 6) is -0.185.